The molecule has 80 valence electrons. The zero-order chi connectivity index (χ0) is 10.8. The van der Waals surface area contributed by atoms with Crippen LogP contribution < -0.4 is 0 Å². The van der Waals surface area contributed by atoms with Crippen LogP contribution in [0.1, 0.15) is 5.82 Å². The van der Waals surface area contributed by atoms with Gasteiger partial charge >= 0.3 is 0 Å². The van der Waals surface area contributed by atoms with Crippen LogP contribution in [0.25, 0.3) is 11.0 Å². The minimum absolute atomic E-state index is 0.998. The van der Waals surface area contributed by atoms with Crippen LogP contribution in [0, 0.1) is 0 Å². The van der Waals surface area contributed by atoms with E-state index >= 15 is 0 Å². The second kappa shape index (κ2) is 4.03. The maximum absolute atomic E-state index is 4.62. The van der Waals surface area contributed by atoms with Crippen molar-refractivity contribution in [3.63, 3.8) is 0 Å². The number of aromatic nitrogens is 2. The highest BCUT2D eigenvalue weighted by Gasteiger charge is 2.06. The number of fused-ring (bicyclic) bond motifs is 1. The molecule has 0 aliphatic rings. The number of rotatable bonds is 3. The summed E-state index contributed by atoms with van der Waals surface area (Å²) < 4.78 is 2.18. The molecule has 2 rings (SSSR count). The molecule has 0 bridgehead atoms. The maximum Gasteiger partial charge on any atom is 0.110 e. The van der Waals surface area contributed by atoms with E-state index in [9.17, 15) is 0 Å². The molecule has 0 radical (unpaired) electrons. The van der Waals surface area contributed by atoms with Crippen molar-refractivity contribution in [2.45, 2.75) is 6.42 Å². The summed E-state index contributed by atoms with van der Waals surface area (Å²) in [4.78, 5) is 6.80. The molecule has 3 heteroatoms. The zero-order valence-corrected chi connectivity index (χ0v) is 9.57. The average Bonchev–Trinajstić information content (AvgIpc) is 2.54. The zero-order valence-electron chi connectivity index (χ0n) is 9.57. The third kappa shape index (κ3) is 2.02. The molecular weight excluding hydrogens is 186 g/mol. The Kier molecular flexibility index (Phi) is 2.73. The van der Waals surface area contributed by atoms with E-state index < -0.39 is 0 Å². The van der Waals surface area contributed by atoms with Gasteiger partial charge in [-0.15, -0.1) is 0 Å². The summed E-state index contributed by atoms with van der Waals surface area (Å²) in [5.41, 5.74) is 2.31. The molecular formula is C12H17N3. The third-order valence-electron chi connectivity index (χ3n) is 2.66. The molecule has 1 heterocycles. The van der Waals surface area contributed by atoms with Crippen LogP contribution in [0.15, 0.2) is 24.3 Å². The Balaban J connectivity index is 2.32. The number of nitrogens with zero attached hydrogens (tertiary/aromatic N) is 3. The summed E-state index contributed by atoms with van der Waals surface area (Å²) in [5.74, 6) is 1.16. The molecule has 0 unspecified atom stereocenters. The molecule has 0 amide bonds. The lowest BCUT2D eigenvalue weighted by molar-refractivity contribution is 0.408. The fraction of sp³-hybridized carbons (Fsp3) is 0.417. The van der Waals surface area contributed by atoms with Crippen molar-refractivity contribution in [2.24, 2.45) is 7.05 Å². The number of hydrogen-bond donors (Lipinski definition) is 0. The summed E-state index contributed by atoms with van der Waals surface area (Å²) in [7, 11) is 6.26. The second-order valence-electron chi connectivity index (χ2n) is 4.13. The van der Waals surface area contributed by atoms with Crippen molar-refractivity contribution < 1.29 is 0 Å². The highest BCUT2D eigenvalue weighted by atomic mass is 15.1. The number of imidazole rings is 1. The van der Waals surface area contributed by atoms with Crippen molar-refractivity contribution in [3.05, 3.63) is 30.1 Å². The number of hydrogen-bond acceptors (Lipinski definition) is 2. The SMILES string of the molecule is CN(C)CCc1nc2ccccc2n1C. The lowest BCUT2D eigenvalue weighted by Gasteiger charge is -2.08. The van der Waals surface area contributed by atoms with E-state index in [4.69, 9.17) is 0 Å². The maximum atomic E-state index is 4.62. The van der Waals surface area contributed by atoms with Gasteiger partial charge in [0.1, 0.15) is 5.82 Å². The van der Waals surface area contributed by atoms with Crippen molar-refractivity contribution in [1.29, 1.82) is 0 Å². The first-order valence-corrected chi connectivity index (χ1v) is 5.23. The number of benzene rings is 1. The van der Waals surface area contributed by atoms with E-state index in [0.717, 1.165) is 24.3 Å². The van der Waals surface area contributed by atoms with Crippen molar-refractivity contribution in [1.82, 2.24) is 14.5 Å². The number of likely N-dealkylation sites (N-methyl/N-ethyl adjacent to an activating group) is 1. The van der Waals surface area contributed by atoms with Gasteiger partial charge < -0.3 is 9.47 Å². The lowest BCUT2D eigenvalue weighted by Crippen LogP contribution is -2.16. The lowest BCUT2D eigenvalue weighted by atomic mass is 10.3. The van der Waals surface area contributed by atoms with Crippen LogP contribution in [0.2, 0.25) is 0 Å². The molecule has 1 aromatic heterocycles. The van der Waals surface area contributed by atoms with Gasteiger partial charge in [0.25, 0.3) is 0 Å². The summed E-state index contributed by atoms with van der Waals surface area (Å²) in [6, 6.07) is 8.26. The average molecular weight is 203 g/mol. The largest absolute Gasteiger partial charge is 0.331 e. The van der Waals surface area contributed by atoms with Gasteiger partial charge in [-0.2, -0.15) is 0 Å². The van der Waals surface area contributed by atoms with Crippen molar-refractivity contribution >= 4 is 11.0 Å². The molecule has 0 aliphatic carbocycles. The predicted molar refractivity (Wildman–Crippen MR) is 63.0 cm³/mol. The predicted octanol–water partition coefficient (Wildman–Crippen LogP) is 1.68. The summed E-state index contributed by atoms with van der Waals surface area (Å²) in [6.45, 7) is 1.04. The Labute approximate surface area is 90.3 Å². The van der Waals surface area contributed by atoms with Gasteiger partial charge in [0, 0.05) is 20.0 Å². The van der Waals surface area contributed by atoms with Crippen molar-refractivity contribution in [2.75, 3.05) is 20.6 Å². The quantitative estimate of drug-likeness (QED) is 0.756. The summed E-state index contributed by atoms with van der Waals surface area (Å²) in [6.07, 6.45) is 0.998. The monoisotopic (exact) mass is 203 g/mol. The van der Waals surface area contributed by atoms with Gasteiger partial charge in [0.2, 0.25) is 0 Å². The van der Waals surface area contributed by atoms with E-state index in [0.29, 0.717) is 0 Å². The van der Waals surface area contributed by atoms with Crippen LogP contribution in [-0.2, 0) is 13.5 Å². The summed E-state index contributed by atoms with van der Waals surface area (Å²) >= 11 is 0. The first-order chi connectivity index (χ1) is 7.18. The van der Waals surface area contributed by atoms with Gasteiger partial charge in [-0.25, -0.2) is 4.98 Å². The Morgan fingerprint density at radius 1 is 1.27 bits per heavy atom. The van der Waals surface area contributed by atoms with Crippen LogP contribution in [-0.4, -0.2) is 35.1 Å². The van der Waals surface area contributed by atoms with Gasteiger partial charge in [0.15, 0.2) is 0 Å². The Morgan fingerprint density at radius 2 is 2.00 bits per heavy atom. The molecule has 0 atom stereocenters. The van der Waals surface area contributed by atoms with E-state index in [1.165, 1.54) is 5.52 Å². The third-order valence-corrected chi connectivity index (χ3v) is 2.66. The van der Waals surface area contributed by atoms with Crippen LogP contribution in [0.3, 0.4) is 0 Å². The molecule has 15 heavy (non-hydrogen) atoms. The number of aryl methyl sites for hydroxylation is 1. The van der Waals surface area contributed by atoms with Gasteiger partial charge in [-0.05, 0) is 26.2 Å². The molecule has 0 spiro atoms. The summed E-state index contributed by atoms with van der Waals surface area (Å²) in [5, 5.41) is 0. The van der Waals surface area contributed by atoms with Gasteiger partial charge in [-0.1, -0.05) is 12.1 Å². The molecule has 0 aliphatic heterocycles. The van der Waals surface area contributed by atoms with E-state index in [1.807, 2.05) is 6.07 Å². The van der Waals surface area contributed by atoms with Crippen molar-refractivity contribution in [3.8, 4) is 0 Å². The fourth-order valence-corrected chi connectivity index (χ4v) is 1.74. The van der Waals surface area contributed by atoms with E-state index in [2.05, 4.69) is 53.8 Å². The molecule has 0 N–H and O–H groups in total. The minimum Gasteiger partial charge on any atom is -0.331 e. The van der Waals surface area contributed by atoms with Crippen LogP contribution in [0.4, 0.5) is 0 Å². The molecule has 0 fully saturated rings. The minimum atomic E-state index is 0.998. The standard InChI is InChI=1S/C12H17N3/c1-14(2)9-8-12-13-10-6-4-5-7-11(10)15(12)3/h4-7H,8-9H2,1-3H3. The molecule has 3 nitrogen and oxygen atoms in total. The molecule has 0 saturated carbocycles. The first kappa shape index (κ1) is 10.2. The molecule has 0 saturated heterocycles. The van der Waals surface area contributed by atoms with E-state index in [1.54, 1.807) is 0 Å². The van der Waals surface area contributed by atoms with Crippen LogP contribution in [0.5, 0.6) is 0 Å². The molecule has 1 aromatic carbocycles. The normalized spacial score (nSPS) is 11.5. The van der Waals surface area contributed by atoms with Gasteiger partial charge in [0.05, 0.1) is 11.0 Å². The van der Waals surface area contributed by atoms with Gasteiger partial charge in [-0.3, -0.25) is 0 Å². The Hall–Kier alpha value is -1.35. The van der Waals surface area contributed by atoms with E-state index in [-0.39, 0.29) is 0 Å². The Bertz CT molecular complexity index is 457. The first-order valence-electron chi connectivity index (χ1n) is 5.23. The Morgan fingerprint density at radius 3 is 2.67 bits per heavy atom. The fourth-order valence-electron chi connectivity index (χ4n) is 1.74. The second-order valence-corrected chi connectivity index (χ2v) is 4.13. The molecule has 2 aromatic rings. The highest BCUT2D eigenvalue weighted by Crippen LogP contribution is 2.14. The van der Waals surface area contributed by atoms with Crippen LogP contribution >= 0.6 is 0 Å². The number of para-hydroxylation sites is 2. The topological polar surface area (TPSA) is 21.1 Å². The highest BCUT2D eigenvalue weighted by molar-refractivity contribution is 5.75. The smallest absolute Gasteiger partial charge is 0.110 e.